The van der Waals surface area contributed by atoms with E-state index in [4.69, 9.17) is 0 Å². The van der Waals surface area contributed by atoms with Gasteiger partial charge in [-0.05, 0) is 60.3 Å². The molecule has 0 saturated carbocycles. The van der Waals surface area contributed by atoms with Crippen molar-refractivity contribution >= 4 is 5.91 Å². The zero-order chi connectivity index (χ0) is 24.0. The van der Waals surface area contributed by atoms with E-state index < -0.39 is 47.7 Å². The number of carbonyl (C=O) groups is 1. The number of benzene rings is 2. The molecule has 1 amide bonds. The number of piperidine rings is 1. The van der Waals surface area contributed by atoms with Crippen LogP contribution in [-0.4, -0.2) is 30.4 Å². The molecule has 1 N–H and O–H groups in total. The molecule has 2 heterocycles. The van der Waals surface area contributed by atoms with Crippen LogP contribution >= 0.6 is 0 Å². The van der Waals surface area contributed by atoms with Crippen LogP contribution in [0.1, 0.15) is 34.7 Å². The van der Waals surface area contributed by atoms with Gasteiger partial charge in [-0.25, -0.2) is 4.39 Å². The van der Waals surface area contributed by atoms with Crippen molar-refractivity contribution in [2.75, 3.05) is 19.6 Å². The zero-order valence-electron chi connectivity index (χ0n) is 17.3. The first-order valence-corrected chi connectivity index (χ1v) is 10.5. The molecule has 0 aromatic heterocycles. The number of fused-ring (bicyclic) bond motifs is 1. The second kappa shape index (κ2) is 8.62. The number of amides is 1. The van der Waals surface area contributed by atoms with Gasteiger partial charge in [-0.3, -0.25) is 4.79 Å². The Morgan fingerprint density at radius 2 is 1.55 bits per heavy atom. The van der Waals surface area contributed by atoms with Crippen molar-refractivity contribution in [1.29, 1.82) is 0 Å². The summed E-state index contributed by atoms with van der Waals surface area (Å²) in [6, 6.07) is 6.44. The van der Waals surface area contributed by atoms with Crippen molar-refractivity contribution in [3.05, 3.63) is 70.5 Å². The Balaban J connectivity index is 1.66. The molecule has 2 aromatic rings. The summed E-state index contributed by atoms with van der Waals surface area (Å²) < 4.78 is 92.6. The molecule has 2 saturated heterocycles. The number of alkyl halides is 6. The number of nitrogens with one attached hydrogen (secondary N) is 1. The second-order valence-electron chi connectivity index (χ2n) is 8.55. The van der Waals surface area contributed by atoms with Crippen LogP contribution in [0.3, 0.4) is 0 Å². The predicted molar refractivity (Wildman–Crippen MR) is 105 cm³/mol. The van der Waals surface area contributed by atoms with E-state index in [1.54, 1.807) is 12.1 Å². The highest BCUT2D eigenvalue weighted by Crippen LogP contribution is 2.42. The summed E-state index contributed by atoms with van der Waals surface area (Å²) in [5.41, 5.74) is -2.57. The van der Waals surface area contributed by atoms with E-state index in [2.05, 4.69) is 5.32 Å². The molecule has 0 radical (unpaired) electrons. The highest BCUT2D eigenvalue weighted by molar-refractivity contribution is 5.79. The Bertz CT molecular complexity index is 985. The Kier molecular flexibility index (Phi) is 6.15. The van der Waals surface area contributed by atoms with Gasteiger partial charge >= 0.3 is 12.4 Å². The van der Waals surface area contributed by atoms with Crippen molar-refractivity contribution in [3.63, 3.8) is 0 Å². The molecule has 3 nitrogen and oxygen atoms in total. The molecule has 0 aliphatic carbocycles. The van der Waals surface area contributed by atoms with Crippen LogP contribution in [0.5, 0.6) is 0 Å². The summed E-state index contributed by atoms with van der Waals surface area (Å²) in [7, 11) is 0. The van der Waals surface area contributed by atoms with Gasteiger partial charge in [0.25, 0.3) is 0 Å². The van der Waals surface area contributed by atoms with Crippen LogP contribution in [0.4, 0.5) is 30.7 Å². The SMILES string of the molecule is O=C(Cc1cc(C(F)(F)F)cc(C(F)(F)F)c1)N1CCC2CNC[C@H]2[C@@H]1c1ccc(F)cc1. The van der Waals surface area contributed by atoms with Gasteiger partial charge in [0.05, 0.1) is 23.6 Å². The van der Waals surface area contributed by atoms with Gasteiger partial charge in [0.15, 0.2) is 0 Å². The topological polar surface area (TPSA) is 32.3 Å². The summed E-state index contributed by atoms with van der Waals surface area (Å²) in [6.07, 6.45) is -9.90. The maximum Gasteiger partial charge on any atom is 0.416 e. The largest absolute Gasteiger partial charge is 0.416 e. The molecule has 2 fully saturated rings. The Labute approximate surface area is 185 Å². The molecular weight excluding hydrogens is 453 g/mol. The van der Waals surface area contributed by atoms with E-state index in [1.807, 2.05) is 0 Å². The summed E-state index contributed by atoms with van der Waals surface area (Å²) in [5.74, 6) is -0.728. The first-order valence-electron chi connectivity index (χ1n) is 10.5. The Hall–Kier alpha value is -2.62. The third-order valence-corrected chi connectivity index (χ3v) is 6.41. The third kappa shape index (κ3) is 5.00. The van der Waals surface area contributed by atoms with E-state index in [-0.39, 0.29) is 23.5 Å². The lowest BCUT2D eigenvalue weighted by Crippen LogP contribution is -2.46. The smallest absolute Gasteiger partial charge is 0.335 e. The normalized spacial score (nSPS) is 23.5. The van der Waals surface area contributed by atoms with Gasteiger partial charge in [0, 0.05) is 19.0 Å². The predicted octanol–water partition coefficient (Wildman–Crippen LogP) is 5.22. The molecule has 3 atom stereocenters. The minimum atomic E-state index is -4.98. The number of hydrogen-bond acceptors (Lipinski definition) is 2. The molecule has 10 heteroatoms. The molecule has 0 spiro atoms. The van der Waals surface area contributed by atoms with Crippen LogP contribution < -0.4 is 5.32 Å². The zero-order valence-corrected chi connectivity index (χ0v) is 17.3. The van der Waals surface area contributed by atoms with E-state index in [0.717, 1.165) is 6.54 Å². The van der Waals surface area contributed by atoms with E-state index in [1.165, 1.54) is 17.0 Å². The number of rotatable bonds is 3. The number of carbonyl (C=O) groups excluding carboxylic acids is 1. The highest BCUT2D eigenvalue weighted by atomic mass is 19.4. The summed E-state index contributed by atoms with van der Waals surface area (Å²) >= 11 is 0. The summed E-state index contributed by atoms with van der Waals surface area (Å²) in [4.78, 5) is 14.7. The van der Waals surface area contributed by atoms with E-state index in [9.17, 15) is 35.5 Å². The fourth-order valence-corrected chi connectivity index (χ4v) is 4.88. The first-order chi connectivity index (χ1) is 15.4. The molecule has 4 rings (SSSR count). The van der Waals surface area contributed by atoms with Gasteiger partial charge in [-0.15, -0.1) is 0 Å². The average Bonchev–Trinajstić information content (AvgIpc) is 3.21. The molecule has 0 bridgehead atoms. The molecule has 2 aromatic carbocycles. The molecule has 33 heavy (non-hydrogen) atoms. The van der Waals surface area contributed by atoms with Crippen LogP contribution in [0.25, 0.3) is 0 Å². The second-order valence-corrected chi connectivity index (χ2v) is 8.55. The minimum absolute atomic E-state index is 0.0143. The van der Waals surface area contributed by atoms with Crippen molar-refractivity contribution in [2.24, 2.45) is 11.8 Å². The van der Waals surface area contributed by atoms with Gasteiger partial charge in [-0.2, -0.15) is 26.3 Å². The fraction of sp³-hybridized carbons (Fsp3) is 0.435. The summed E-state index contributed by atoms with van der Waals surface area (Å²) in [5, 5.41) is 3.27. The molecular formula is C23H21F7N2O. The van der Waals surface area contributed by atoms with Gasteiger partial charge in [0.2, 0.25) is 5.91 Å². The number of halogens is 7. The van der Waals surface area contributed by atoms with Crippen LogP contribution in [0.15, 0.2) is 42.5 Å². The van der Waals surface area contributed by atoms with Crippen molar-refractivity contribution in [2.45, 2.75) is 31.2 Å². The highest BCUT2D eigenvalue weighted by Gasteiger charge is 2.43. The number of hydrogen-bond donors (Lipinski definition) is 1. The van der Waals surface area contributed by atoms with Gasteiger partial charge in [-0.1, -0.05) is 12.1 Å². The monoisotopic (exact) mass is 474 g/mol. The Morgan fingerprint density at radius 3 is 2.12 bits per heavy atom. The molecule has 1 unspecified atom stereocenters. The van der Waals surface area contributed by atoms with Gasteiger partial charge in [0.1, 0.15) is 5.82 Å². The van der Waals surface area contributed by atoms with E-state index in [0.29, 0.717) is 37.2 Å². The maximum atomic E-state index is 13.5. The average molecular weight is 474 g/mol. The number of nitrogens with zero attached hydrogens (tertiary/aromatic N) is 1. The lowest BCUT2D eigenvalue weighted by Gasteiger charge is -2.43. The van der Waals surface area contributed by atoms with Crippen molar-refractivity contribution in [3.8, 4) is 0 Å². The molecule has 2 aliphatic rings. The third-order valence-electron chi connectivity index (χ3n) is 6.41. The standard InChI is InChI=1S/C23H21F7N2O/c24-18-3-1-14(2-4-18)21-19-12-31-11-15(19)5-6-32(21)20(33)9-13-7-16(22(25,26)27)10-17(8-13)23(28,29)30/h1-4,7-8,10,15,19,21,31H,5-6,9,11-12H2/t15?,19-,21+/m1/s1. The minimum Gasteiger partial charge on any atom is -0.335 e. The summed E-state index contributed by atoms with van der Waals surface area (Å²) in [6.45, 7) is 1.68. The Morgan fingerprint density at radius 1 is 0.939 bits per heavy atom. The van der Waals surface area contributed by atoms with Crippen LogP contribution in [0, 0.1) is 17.7 Å². The molecule has 2 aliphatic heterocycles. The quantitative estimate of drug-likeness (QED) is 0.620. The van der Waals surface area contributed by atoms with Crippen LogP contribution in [0.2, 0.25) is 0 Å². The van der Waals surface area contributed by atoms with Crippen molar-refractivity contribution in [1.82, 2.24) is 10.2 Å². The molecule has 178 valence electrons. The first kappa shape index (κ1) is 23.5. The number of likely N-dealkylation sites (tertiary alicyclic amines) is 1. The van der Waals surface area contributed by atoms with E-state index >= 15 is 0 Å². The van der Waals surface area contributed by atoms with Crippen molar-refractivity contribution < 1.29 is 35.5 Å². The fourth-order valence-electron chi connectivity index (χ4n) is 4.88. The van der Waals surface area contributed by atoms with Gasteiger partial charge < -0.3 is 10.2 Å². The lowest BCUT2D eigenvalue weighted by atomic mass is 9.78. The maximum absolute atomic E-state index is 13.5. The van der Waals surface area contributed by atoms with Crippen LogP contribution in [-0.2, 0) is 23.6 Å². The lowest BCUT2D eigenvalue weighted by molar-refractivity contribution is -0.143.